The smallest absolute Gasteiger partial charge is 0.107 e. The Morgan fingerprint density at radius 1 is 1.39 bits per heavy atom. The number of hydrogen-bond acceptors (Lipinski definition) is 4. The minimum atomic E-state index is -0.0539. The second kappa shape index (κ2) is 8.27. The van der Waals surface area contributed by atoms with Crippen molar-refractivity contribution < 1.29 is 9.47 Å². The molecule has 0 saturated carbocycles. The number of rotatable bonds is 8. The van der Waals surface area contributed by atoms with Gasteiger partial charge in [0, 0.05) is 17.5 Å². The first-order valence-electron chi connectivity index (χ1n) is 6.32. The van der Waals surface area contributed by atoms with E-state index in [9.17, 15) is 0 Å². The molecule has 0 amide bonds. The van der Waals surface area contributed by atoms with Crippen LogP contribution in [0.1, 0.15) is 38.2 Å². The van der Waals surface area contributed by atoms with Crippen LogP contribution in [-0.2, 0) is 9.47 Å². The van der Waals surface area contributed by atoms with Crippen LogP contribution in [0.15, 0.2) is 15.9 Å². The van der Waals surface area contributed by atoms with Gasteiger partial charge in [-0.3, -0.25) is 0 Å². The van der Waals surface area contributed by atoms with Gasteiger partial charge in [-0.25, -0.2) is 0 Å². The highest BCUT2D eigenvalue weighted by atomic mass is 79.9. The SMILES string of the molecule is CCOCC(C)OC(c1ccc(Br)s1)C(N)CC. The molecule has 1 aromatic rings. The maximum atomic E-state index is 6.16. The van der Waals surface area contributed by atoms with Gasteiger partial charge in [0.2, 0.25) is 0 Å². The normalized spacial score (nSPS) is 16.5. The van der Waals surface area contributed by atoms with Crippen molar-refractivity contribution in [2.75, 3.05) is 13.2 Å². The zero-order valence-electron chi connectivity index (χ0n) is 11.2. The maximum absolute atomic E-state index is 6.16. The van der Waals surface area contributed by atoms with Crippen LogP contribution in [0.3, 0.4) is 0 Å². The molecule has 3 atom stereocenters. The van der Waals surface area contributed by atoms with Gasteiger partial charge in [-0.1, -0.05) is 6.92 Å². The van der Waals surface area contributed by atoms with Crippen molar-refractivity contribution in [1.29, 1.82) is 0 Å². The van der Waals surface area contributed by atoms with E-state index in [0.717, 1.165) is 10.2 Å². The predicted octanol–water partition coefficient (Wildman–Crippen LogP) is 3.73. The molecule has 0 aliphatic heterocycles. The van der Waals surface area contributed by atoms with Gasteiger partial charge in [-0.05, 0) is 48.3 Å². The summed E-state index contributed by atoms with van der Waals surface area (Å²) >= 11 is 5.15. The molecule has 3 nitrogen and oxygen atoms in total. The minimum Gasteiger partial charge on any atom is -0.379 e. The monoisotopic (exact) mass is 335 g/mol. The summed E-state index contributed by atoms with van der Waals surface area (Å²) in [4.78, 5) is 1.17. The molecule has 0 aromatic carbocycles. The van der Waals surface area contributed by atoms with E-state index >= 15 is 0 Å². The fourth-order valence-electron chi connectivity index (χ4n) is 1.65. The molecule has 104 valence electrons. The molecular formula is C13H22BrNO2S. The van der Waals surface area contributed by atoms with Crippen LogP contribution in [-0.4, -0.2) is 25.4 Å². The average Bonchev–Trinajstić information content (AvgIpc) is 2.78. The maximum Gasteiger partial charge on any atom is 0.107 e. The average molecular weight is 336 g/mol. The quantitative estimate of drug-likeness (QED) is 0.787. The second-order valence-electron chi connectivity index (χ2n) is 4.24. The first kappa shape index (κ1) is 16.1. The molecule has 0 aliphatic carbocycles. The number of thiophene rings is 1. The van der Waals surface area contributed by atoms with Crippen molar-refractivity contribution >= 4 is 27.3 Å². The minimum absolute atomic E-state index is 0.0135. The van der Waals surface area contributed by atoms with Crippen molar-refractivity contribution in [2.45, 2.75) is 45.4 Å². The standard InChI is InChI=1S/C13H22BrNO2S/c1-4-10(15)13(11-6-7-12(14)18-11)17-9(3)8-16-5-2/h6-7,9-10,13H,4-5,8,15H2,1-3H3. The summed E-state index contributed by atoms with van der Waals surface area (Å²) in [6.45, 7) is 7.40. The topological polar surface area (TPSA) is 44.5 Å². The number of halogens is 1. The van der Waals surface area contributed by atoms with Gasteiger partial charge in [0.15, 0.2) is 0 Å². The highest BCUT2D eigenvalue weighted by Gasteiger charge is 2.23. The van der Waals surface area contributed by atoms with Crippen LogP contribution in [0.25, 0.3) is 0 Å². The van der Waals surface area contributed by atoms with Crippen molar-refractivity contribution in [2.24, 2.45) is 5.73 Å². The zero-order chi connectivity index (χ0) is 13.5. The molecule has 0 fully saturated rings. The highest BCUT2D eigenvalue weighted by Crippen LogP contribution is 2.32. The molecule has 18 heavy (non-hydrogen) atoms. The Labute approximate surface area is 122 Å². The van der Waals surface area contributed by atoms with Gasteiger partial charge in [-0.2, -0.15) is 0 Å². The fraction of sp³-hybridized carbons (Fsp3) is 0.692. The molecule has 0 spiro atoms. The first-order valence-corrected chi connectivity index (χ1v) is 7.93. The Bertz CT molecular complexity index is 345. The van der Waals surface area contributed by atoms with E-state index in [1.54, 1.807) is 11.3 Å². The van der Waals surface area contributed by atoms with Gasteiger partial charge < -0.3 is 15.2 Å². The van der Waals surface area contributed by atoms with Crippen molar-refractivity contribution in [3.8, 4) is 0 Å². The molecule has 2 N–H and O–H groups in total. The summed E-state index contributed by atoms with van der Waals surface area (Å²) < 4.78 is 12.5. The van der Waals surface area contributed by atoms with Crippen LogP contribution in [0.4, 0.5) is 0 Å². The molecule has 1 rings (SSSR count). The van der Waals surface area contributed by atoms with E-state index in [1.165, 1.54) is 4.88 Å². The van der Waals surface area contributed by atoms with E-state index in [-0.39, 0.29) is 18.2 Å². The third-order valence-corrected chi connectivity index (χ3v) is 4.36. The largest absolute Gasteiger partial charge is 0.379 e. The molecule has 3 unspecified atom stereocenters. The number of nitrogens with two attached hydrogens (primary N) is 1. The third-order valence-electron chi connectivity index (χ3n) is 2.67. The molecule has 0 aliphatic rings. The molecule has 1 heterocycles. The third kappa shape index (κ3) is 4.97. The van der Waals surface area contributed by atoms with Crippen LogP contribution in [0, 0.1) is 0 Å². The Morgan fingerprint density at radius 2 is 2.11 bits per heavy atom. The Balaban J connectivity index is 2.67. The van der Waals surface area contributed by atoms with Gasteiger partial charge in [-0.15, -0.1) is 11.3 Å². The lowest BCUT2D eigenvalue weighted by atomic mass is 10.1. The van der Waals surface area contributed by atoms with Gasteiger partial charge in [0.25, 0.3) is 0 Å². The first-order chi connectivity index (χ1) is 8.58. The summed E-state index contributed by atoms with van der Waals surface area (Å²) in [6.07, 6.45) is 0.886. The van der Waals surface area contributed by atoms with E-state index in [0.29, 0.717) is 13.2 Å². The predicted molar refractivity (Wildman–Crippen MR) is 80.1 cm³/mol. The summed E-state index contributed by atoms with van der Waals surface area (Å²) in [5, 5.41) is 0. The lowest BCUT2D eigenvalue weighted by Gasteiger charge is -2.26. The highest BCUT2D eigenvalue weighted by molar-refractivity contribution is 9.11. The molecule has 1 aromatic heterocycles. The van der Waals surface area contributed by atoms with E-state index < -0.39 is 0 Å². The summed E-state index contributed by atoms with van der Waals surface area (Å²) in [7, 11) is 0. The van der Waals surface area contributed by atoms with Gasteiger partial charge in [0.05, 0.1) is 16.5 Å². The Kier molecular flexibility index (Phi) is 7.41. The molecule has 0 saturated heterocycles. The van der Waals surface area contributed by atoms with Crippen molar-refractivity contribution in [3.05, 3.63) is 20.8 Å². The van der Waals surface area contributed by atoms with Crippen molar-refractivity contribution in [3.63, 3.8) is 0 Å². The fourth-order valence-corrected chi connectivity index (χ4v) is 3.18. The van der Waals surface area contributed by atoms with E-state index in [4.69, 9.17) is 15.2 Å². The van der Waals surface area contributed by atoms with Crippen molar-refractivity contribution in [1.82, 2.24) is 0 Å². The van der Waals surface area contributed by atoms with Crippen LogP contribution >= 0.6 is 27.3 Å². The Hall–Kier alpha value is 0.0600. The molecule has 0 bridgehead atoms. The number of hydrogen-bond donors (Lipinski definition) is 1. The summed E-state index contributed by atoms with van der Waals surface area (Å²) in [5.41, 5.74) is 6.16. The number of ether oxygens (including phenoxy) is 2. The lowest BCUT2D eigenvalue weighted by Crippen LogP contribution is -2.32. The van der Waals surface area contributed by atoms with Crippen LogP contribution in [0.5, 0.6) is 0 Å². The van der Waals surface area contributed by atoms with Crippen LogP contribution < -0.4 is 5.73 Å². The molecule has 0 radical (unpaired) electrons. The second-order valence-corrected chi connectivity index (χ2v) is 6.74. The summed E-state index contributed by atoms with van der Waals surface area (Å²) in [5.74, 6) is 0. The van der Waals surface area contributed by atoms with E-state index in [1.807, 2.05) is 19.9 Å². The zero-order valence-corrected chi connectivity index (χ0v) is 13.6. The van der Waals surface area contributed by atoms with Crippen LogP contribution in [0.2, 0.25) is 0 Å². The Morgan fingerprint density at radius 3 is 2.61 bits per heavy atom. The van der Waals surface area contributed by atoms with Gasteiger partial charge in [0.1, 0.15) is 6.10 Å². The molecular weight excluding hydrogens is 314 g/mol. The van der Waals surface area contributed by atoms with Gasteiger partial charge >= 0.3 is 0 Å². The summed E-state index contributed by atoms with van der Waals surface area (Å²) in [6, 6.07) is 4.12. The molecule has 5 heteroatoms. The lowest BCUT2D eigenvalue weighted by molar-refractivity contribution is -0.0560. The van der Waals surface area contributed by atoms with E-state index in [2.05, 4.69) is 28.9 Å².